The van der Waals surface area contributed by atoms with E-state index in [0.717, 1.165) is 16.2 Å². The van der Waals surface area contributed by atoms with Crippen molar-refractivity contribution in [2.75, 3.05) is 13.2 Å². The molecule has 0 saturated heterocycles. The molecule has 1 atom stereocenters. The van der Waals surface area contributed by atoms with E-state index in [9.17, 15) is 4.79 Å². The summed E-state index contributed by atoms with van der Waals surface area (Å²) in [6, 6.07) is 15.5. The number of hydrogen-bond donors (Lipinski definition) is 1. The van der Waals surface area contributed by atoms with E-state index in [0.29, 0.717) is 19.0 Å². The number of rotatable bonds is 9. The summed E-state index contributed by atoms with van der Waals surface area (Å²) in [5.74, 6) is 1.28. The van der Waals surface area contributed by atoms with Gasteiger partial charge in [0.05, 0.1) is 19.3 Å². The molecular formula is C21H25NO3S. The zero-order valence-electron chi connectivity index (χ0n) is 15.4. The molecule has 0 spiro atoms. The van der Waals surface area contributed by atoms with Crippen LogP contribution in [0.5, 0.6) is 11.5 Å². The predicted octanol–water partition coefficient (Wildman–Crippen LogP) is 4.97. The Morgan fingerprint density at radius 1 is 1.08 bits per heavy atom. The summed E-state index contributed by atoms with van der Waals surface area (Å²) >= 11 is 1.51. The summed E-state index contributed by atoms with van der Waals surface area (Å²) in [7, 11) is 0. The first kappa shape index (κ1) is 19.9. The average Bonchev–Trinajstić information content (AvgIpc) is 2.64. The van der Waals surface area contributed by atoms with E-state index in [-0.39, 0.29) is 11.9 Å². The van der Waals surface area contributed by atoms with Crippen LogP contribution in [-0.4, -0.2) is 19.1 Å². The second-order valence-corrected chi connectivity index (χ2v) is 6.52. The molecule has 2 rings (SSSR count). The Labute approximate surface area is 159 Å². The molecule has 138 valence electrons. The first-order chi connectivity index (χ1) is 12.6. The molecule has 2 aromatic carbocycles. The predicted molar refractivity (Wildman–Crippen MR) is 107 cm³/mol. The van der Waals surface area contributed by atoms with Crippen LogP contribution in [0.4, 0.5) is 0 Å². The Morgan fingerprint density at radius 2 is 1.77 bits per heavy atom. The number of carbonyl (C=O) groups excluding carboxylic acids is 1. The number of carbonyl (C=O) groups is 1. The molecule has 26 heavy (non-hydrogen) atoms. The van der Waals surface area contributed by atoms with Crippen LogP contribution < -0.4 is 14.8 Å². The smallest absolute Gasteiger partial charge is 0.244 e. The van der Waals surface area contributed by atoms with Crippen LogP contribution in [0.25, 0.3) is 0 Å². The maximum atomic E-state index is 12.1. The van der Waals surface area contributed by atoms with Crippen LogP contribution in [0.3, 0.4) is 0 Å². The number of ether oxygens (including phenoxy) is 2. The van der Waals surface area contributed by atoms with Crippen LogP contribution in [-0.2, 0) is 4.79 Å². The molecule has 0 radical (unpaired) electrons. The number of nitrogens with one attached hydrogen (secondary N) is 1. The van der Waals surface area contributed by atoms with E-state index >= 15 is 0 Å². The van der Waals surface area contributed by atoms with Gasteiger partial charge in [-0.1, -0.05) is 36.0 Å². The van der Waals surface area contributed by atoms with E-state index in [4.69, 9.17) is 9.47 Å². The molecule has 5 heteroatoms. The maximum Gasteiger partial charge on any atom is 0.244 e. The molecule has 2 aromatic rings. The van der Waals surface area contributed by atoms with Crippen LogP contribution in [0.15, 0.2) is 64.9 Å². The largest absolute Gasteiger partial charge is 0.490 e. The lowest BCUT2D eigenvalue weighted by Crippen LogP contribution is -2.24. The highest BCUT2D eigenvalue weighted by atomic mass is 32.2. The molecule has 1 N–H and O–H groups in total. The fourth-order valence-electron chi connectivity index (χ4n) is 2.36. The Kier molecular flexibility index (Phi) is 8.09. The van der Waals surface area contributed by atoms with Crippen molar-refractivity contribution in [3.05, 3.63) is 65.6 Å². The molecule has 0 saturated carbocycles. The highest BCUT2D eigenvalue weighted by Crippen LogP contribution is 2.30. The highest BCUT2D eigenvalue weighted by Gasteiger charge is 2.12. The van der Waals surface area contributed by atoms with Gasteiger partial charge in [0.15, 0.2) is 11.5 Å². The second-order valence-electron chi connectivity index (χ2n) is 5.54. The van der Waals surface area contributed by atoms with Crippen molar-refractivity contribution in [1.82, 2.24) is 5.32 Å². The molecular weight excluding hydrogens is 346 g/mol. The van der Waals surface area contributed by atoms with Gasteiger partial charge in [-0.15, -0.1) is 0 Å². The molecule has 0 aromatic heterocycles. The molecule has 0 heterocycles. The summed E-state index contributed by atoms with van der Waals surface area (Å²) < 4.78 is 11.2. The van der Waals surface area contributed by atoms with Crippen molar-refractivity contribution in [2.45, 2.75) is 31.7 Å². The lowest BCUT2D eigenvalue weighted by Gasteiger charge is -2.17. The zero-order chi connectivity index (χ0) is 18.8. The topological polar surface area (TPSA) is 47.6 Å². The standard InChI is InChI=1S/C21H25NO3S/c1-4-24-19-12-11-17(15-20(19)25-5-2)16(3)22-21(23)13-14-26-18-9-7-6-8-10-18/h6-16H,4-5H2,1-3H3,(H,22,23)/b14-13+/t16-/m0/s1. The molecule has 0 unspecified atom stereocenters. The van der Waals surface area contributed by atoms with Crippen LogP contribution >= 0.6 is 11.8 Å². The van der Waals surface area contributed by atoms with Gasteiger partial charge in [-0.05, 0) is 56.0 Å². The quantitative estimate of drug-likeness (QED) is 0.499. The lowest BCUT2D eigenvalue weighted by molar-refractivity contribution is -0.117. The van der Waals surface area contributed by atoms with Crippen molar-refractivity contribution < 1.29 is 14.3 Å². The molecule has 0 aliphatic heterocycles. The normalized spacial score (nSPS) is 12.0. The molecule has 0 aliphatic rings. The van der Waals surface area contributed by atoms with Gasteiger partial charge in [-0.2, -0.15) is 0 Å². The van der Waals surface area contributed by atoms with Gasteiger partial charge in [0.25, 0.3) is 0 Å². The van der Waals surface area contributed by atoms with Crippen molar-refractivity contribution in [1.29, 1.82) is 0 Å². The fraction of sp³-hybridized carbons (Fsp3) is 0.286. The van der Waals surface area contributed by atoms with E-state index in [1.54, 1.807) is 11.5 Å². The fourth-order valence-corrected chi connectivity index (χ4v) is 3.02. The SMILES string of the molecule is CCOc1ccc([C@H](C)NC(=O)/C=C/Sc2ccccc2)cc1OCC. The lowest BCUT2D eigenvalue weighted by atomic mass is 10.1. The minimum Gasteiger partial charge on any atom is -0.490 e. The van der Waals surface area contributed by atoms with Gasteiger partial charge in [-0.3, -0.25) is 4.79 Å². The van der Waals surface area contributed by atoms with Gasteiger partial charge in [-0.25, -0.2) is 0 Å². The third kappa shape index (κ3) is 6.15. The molecule has 0 bridgehead atoms. The third-order valence-electron chi connectivity index (χ3n) is 3.59. The Balaban J connectivity index is 1.96. The summed E-state index contributed by atoms with van der Waals surface area (Å²) in [6.45, 7) is 6.95. The summed E-state index contributed by atoms with van der Waals surface area (Å²) in [5, 5.41) is 4.76. The molecule has 1 amide bonds. The van der Waals surface area contributed by atoms with Gasteiger partial charge in [0.1, 0.15) is 0 Å². The minimum absolute atomic E-state index is 0.132. The van der Waals surface area contributed by atoms with E-state index in [1.807, 2.05) is 69.3 Å². The minimum atomic E-state index is -0.135. The van der Waals surface area contributed by atoms with Crippen molar-refractivity contribution in [2.24, 2.45) is 0 Å². The van der Waals surface area contributed by atoms with Crippen LogP contribution in [0.1, 0.15) is 32.4 Å². The summed E-state index contributed by atoms with van der Waals surface area (Å²) in [5.41, 5.74) is 0.967. The average molecular weight is 372 g/mol. The Hall–Kier alpha value is -2.40. The van der Waals surface area contributed by atoms with Crippen LogP contribution in [0.2, 0.25) is 0 Å². The first-order valence-electron chi connectivity index (χ1n) is 8.72. The van der Waals surface area contributed by atoms with Gasteiger partial charge < -0.3 is 14.8 Å². The van der Waals surface area contributed by atoms with Crippen LogP contribution in [0, 0.1) is 0 Å². The Bertz CT molecular complexity index is 731. The third-order valence-corrected chi connectivity index (χ3v) is 4.41. The van der Waals surface area contributed by atoms with Crippen molar-refractivity contribution >= 4 is 17.7 Å². The maximum absolute atomic E-state index is 12.1. The molecule has 4 nitrogen and oxygen atoms in total. The zero-order valence-corrected chi connectivity index (χ0v) is 16.2. The Morgan fingerprint density at radius 3 is 2.46 bits per heavy atom. The van der Waals surface area contributed by atoms with Gasteiger partial charge in [0, 0.05) is 11.0 Å². The first-order valence-corrected chi connectivity index (χ1v) is 9.60. The summed E-state index contributed by atoms with van der Waals surface area (Å²) in [6.07, 6.45) is 1.55. The number of amides is 1. The molecule has 0 fully saturated rings. The number of benzene rings is 2. The van der Waals surface area contributed by atoms with Gasteiger partial charge in [0.2, 0.25) is 5.91 Å². The van der Waals surface area contributed by atoms with E-state index in [1.165, 1.54) is 11.8 Å². The molecule has 0 aliphatic carbocycles. The summed E-state index contributed by atoms with van der Waals surface area (Å²) in [4.78, 5) is 13.2. The van der Waals surface area contributed by atoms with Gasteiger partial charge >= 0.3 is 0 Å². The second kappa shape index (κ2) is 10.6. The number of hydrogen-bond acceptors (Lipinski definition) is 4. The number of thioether (sulfide) groups is 1. The van der Waals surface area contributed by atoms with Crippen molar-refractivity contribution in [3.8, 4) is 11.5 Å². The van der Waals surface area contributed by atoms with E-state index < -0.39 is 0 Å². The monoisotopic (exact) mass is 371 g/mol. The van der Waals surface area contributed by atoms with Crippen molar-refractivity contribution in [3.63, 3.8) is 0 Å². The van der Waals surface area contributed by atoms with E-state index in [2.05, 4.69) is 5.32 Å². The highest BCUT2D eigenvalue weighted by molar-refractivity contribution is 8.02.